The largest absolute Gasteiger partial charge is 0.350 e. The van der Waals surface area contributed by atoms with Crippen LogP contribution in [0.15, 0.2) is 18.3 Å². The van der Waals surface area contributed by atoms with E-state index in [1.165, 1.54) is 25.7 Å². The lowest BCUT2D eigenvalue weighted by molar-refractivity contribution is 0.0931. The average molecular weight is 325 g/mol. The molecule has 0 spiro atoms. The van der Waals surface area contributed by atoms with Crippen molar-refractivity contribution in [2.24, 2.45) is 11.8 Å². The van der Waals surface area contributed by atoms with Crippen LogP contribution in [0.3, 0.4) is 0 Å². The summed E-state index contributed by atoms with van der Waals surface area (Å²) in [6.07, 6.45) is 6.77. The van der Waals surface area contributed by atoms with Gasteiger partial charge in [-0.3, -0.25) is 9.78 Å². The van der Waals surface area contributed by atoms with Crippen LogP contribution in [-0.2, 0) is 0 Å². The van der Waals surface area contributed by atoms with Crippen LogP contribution in [0, 0.1) is 18.8 Å². The van der Waals surface area contributed by atoms with E-state index in [1.54, 1.807) is 6.20 Å². The monoisotopic (exact) mass is 324 g/mol. The van der Waals surface area contributed by atoms with Crippen LogP contribution in [0.4, 0.5) is 0 Å². The Kier molecular flexibility index (Phi) is 5.37. The minimum atomic E-state index is -0.0444. The van der Waals surface area contributed by atoms with E-state index in [0.717, 1.165) is 17.4 Å². The highest BCUT2D eigenvalue weighted by Crippen LogP contribution is 2.30. The summed E-state index contributed by atoms with van der Waals surface area (Å²) in [7, 11) is 0. The number of rotatable bonds is 4. The molecule has 0 saturated heterocycles. The molecule has 1 N–H and O–H groups in total. The van der Waals surface area contributed by atoms with Crippen LogP contribution in [0.2, 0.25) is 0 Å². The molecule has 2 atom stereocenters. The van der Waals surface area contributed by atoms with E-state index in [-0.39, 0.29) is 5.91 Å². The van der Waals surface area contributed by atoms with E-state index in [1.807, 2.05) is 19.1 Å². The quantitative estimate of drug-likeness (QED) is 0.863. The maximum absolute atomic E-state index is 12.1. The Morgan fingerprint density at radius 1 is 1.42 bits per heavy atom. The molecule has 1 aromatic heterocycles. The van der Waals surface area contributed by atoms with Crippen LogP contribution in [0.5, 0.6) is 0 Å². The zero-order valence-electron chi connectivity index (χ0n) is 11.4. The topological polar surface area (TPSA) is 42.0 Å². The van der Waals surface area contributed by atoms with Crippen molar-refractivity contribution in [2.45, 2.75) is 32.6 Å². The molecular formula is C15H21BrN2O. The number of hydrogen-bond donors (Lipinski definition) is 1. The van der Waals surface area contributed by atoms with E-state index < -0.39 is 0 Å². The first kappa shape index (κ1) is 14.5. The zero-order valence-corrected chi connectivity index (χ0v) is 12.9. The Labute approximate surface area is 123 Å². The first-order chi connectivity index (χ1) is 9.22. The minimum absolute atomic E-state index is 0.0444. The van der Waals surface area contributed by atoms with Gasteiger partial charge in [-0.2, -0.15) is 0 Å². The lowest BCUT2D eigenvalue weighted by atomic mass is 9.80. The van der Waals surface area contributed by atoms with Crippen molar-refractivity contribution in [1.29, 1.82) is 0 Å². The highest BCUT2D eigenvalue weighted by Gasteiger charge is 2.24. The Morgan fingerprint density at radius 3 is 2.84 bits per heavy atom. The number of amides is 1. The van der Waals surface area contributed by atoms with Crippen molar-refractivity contribution in [2.75, 3.05) is 11.9 Å². The van der Waals surface area contributed by atoms with E-state index >= 15 is 0 Å². The number of hydrogen-bond acceptors (Lipinski definition) is 2. The van der Waals surface area contributed by atoms with Crippen molar-refractivity contribution in [3.63, 3.8) is 0 Å². The van der Waals surface area contributed by atoms with Crippen molar-refractivity contribution in [3.8, 4) is 0 Å². The van der Waals surface area contributed by atoms with Gasteiger partial charge in [-0.15, -0.1) is 0 Å². The number of aromatic nitrogens is 1. The summed E-state index contributed by atoms with van der Waals surface area (Å²) < 4.78 is 0. The number of carbonyl (C=O) groups is 1. The van der Waals surface area contributed by atoms with Crippen LogP contribution in [0.1, 0.15) is 41.7 Å². The molecule has 3 nitrogen and oxygen atoms in total. The molecule has 0 aromatic carbocycles. The van der Waals surface area contributed by atoms with Gasteiger partial charge in [0.2, 0.25) is 0 Å². The molecule has 1 aliphatic rings. The number of nitrogens with one attached hydrogen (secondary N) is 1. The molecule has 0 aliphatic heterocycles. The molecule has 1 fully saturated rings. The fourth-order valence-electron chi connectivity index (χ4n) is 2.79. The number of pyridine rings is 1. The SMILES string of the molecule is Cc1cccnc1C(=O)NCC1CCCCC1CBr. The summed E-state index contributed by atoms with van der Waals surface area (Å²) in [5, 5.41) is 4.09. The van der Waals surface area contributed by atoms with Crippen LogP contribution < -0.4 is 5.32 Å². The third-order valence-corrected chi connectivity index (χ3v) is 4.85. The standard InChI is InChI=1S/C15H21BrN2O/c1-11-5-4-8-17-14(11)15(19)18-10-13-7-3-2-6-12(13)9-16/h4-5,8,12-13H,2-3,6-7,9-10H2,1H3,(H,18,19). The number of nitrogens with zero attached hydrogens (tertiary/aromatic N) is 1. The van der Waals surface area contributed by atoms with Crippen molar-refractivity contribution in [1.82, 2.24) is 10.3 Å². The van der Waals surface area contributed by atoms with Gasteiger partial charge in [-0.25, -0.2) is 0 Å². The lowest BCUT2D eigenvalue weighted by Gasteiger charge is -2.30. The summed E-state index contributed by atoms with van der Waals surface area (Å²) in [5.41, 5.74) is 1.48. The lowest BCUT2D eigenvalue weighted by Crippen LogP contribution is -2.35. The molecule has 1 aromatic rings. The smallest absolute Gasteiger partial charge is 0.270 e. The van der Waals surface area contributed by atoms with Crippen LogP contribution in [-0.4, -0.2) is 22.8 Å². The van der Waals surface area contributed by atoms with Gasteiger partial charge in [0.1, 0.15) is 5.69 Å². The summed E-state index contributed by atoms with van der Waals surface area (Å²) in [5.74, 6) is 1.25. The number of carbonyl (C=O) groups excluding carboxylic acids is 1. The predicted octanol–water partition coefficient (Wildman–Crippen LogP) is 3.32. The normalized spacial score (nSPS) is 23.1. The first-order valence-corrected chi connectivity index (χ1v) is 8.10. The molecule has 0 bridgehead atoms. The maximum atomic E-state index is 12.1. The molecule has 2 unspecified atom stereocenters. The Morgan fingerprint density at radius 2 is 2.16 bits per heavy atom. The van der Waals surface area contributed by atoms with Gasteiger partial charge in [0, 0.05) is 18.1 Å². The number of aryl methyl sites for hydroxylation is 1. The van der Waals surface area contributed by atoms with Gasteiger partial charge in [0.25, 0.3) is 5.91 Å². The van der Waals surface area contributed by atoms with Gasteiger partial charge >= 0.3 is 0 Å². The van der Waals surface area contributed by atoms with Gasteiger partial charge in [0.15, 0.2) is 0 Å². The second-order valence-corrected chi connectivity index (χ2v) is 5.99. The molecule has 1 saturated carbocycles. The number of halogens is 1. The molecule has 0 radical (unpaired) electrons. The second-order valence-electron chi connectivity index (χ2n) is 5.34. The van der Waals surface area contributed by atoms with Gasteiger partial charge < -0.3 is 5.32 Å². The molecule has 19 heavy (non-hydrogen) atoms. The fourth-order valence-corrected chi connectivity index (χ4v) is 3.64. The van der Waals surface area contributed by atoms with E-state index in [9.17, 15) is 4.79 Å². The Bertz CT molecular complexity index is 436. The summed E-state index contributed by atoms with van der Waals surface area (Å²) >= 11 is 3.59. The molecular weight excluding hydrogens is 304 g/mol. The van der Waals surface area contributed by atoms with Gasteiger partial charge in [0.05, 0.1) is 0 Å². The third kappa shape index (κ3) is 3.78. The summed E-state index contributed by atoms with van der Waals surface area (Å²) in [4.78, 5) is 16.3. The van der Waals surface area contributed by atoms with E-state index in [2.05, 4.69) is 26.2 Å². The molecule has 2 rings (SSSR count). The van der Waals surface area contributed by atoms with E-state index in [0.29, 0.717) is 17.5 Å². The van der Waals surface area contributed by atoms with Crippen molar-refractivity contribution < 1.29 is 4.79 Å². The summed E-state index contributed by atoms with van der Waals surface area (Å²) in [6.45, 7) is 2.69. The third-order valence-electron chi connectivity index (χ3n) is 4.01. The average Bonchev–Trinajstić information content (AvgIpc) is 2.45. The van der Waals surface area contributed by atoms with Gasteiger partial charge in [-0.1, -0.05) is 34.8 Å². The molecule has 1 amide bonds. The van der Waals surface area contributed by atoms with Crippen molar-refractivity contribution >= 4 is 21.8 Å². The molecule has 104 valence electrons. The number of alkyl halides is 1. The van der Waals surface area contributed by atoms with Crippen molar-refractivity contribution in [3.05, 3.63) is 29.6 Å². The van der Waals surface area contributed by atoms with Crippen LogP contribution >= 0.6 is 15.9 Å². The van der Waals surface area contributed by atoms with Gasteiger partial charge in [-0.05, 0) is 43.2 Å². The minimum Gasteiger partial charge on any atom is -0.350 e. The van der Waals surface area contributed by atoms with E-state index in [4.69, 9.17) is 0 Å². The second kappa shape index (κ2) is 7.04. The molecule has 4 heteroatoms. The first-order valence-electron chi connectivity index (χ1n) is 6.98. The Hall–Kier alpha value is -0.900. The van der Waals surface area contributed by atoms with Crippen LogP contribution in [0.25, 0.3) is 0 Å². The molecule has 1 aliphatic carbocycles. The molecule has 1 heterocycles. The summed E-state index contributed by atoms with van der Waals surface area (Å²) in [6, 6.07) is 3.78. The highest BCUT2D eigenvalue weighted by atomic mass is 79.9. The highest BCUT2D eigenvalue weighted by molar-refractivity contribution is 9.09. The fraction of sp³-hybridized carbons (Fsp3) is 0.600. The zero-order chi connectivity index (χ0) is 13.7. The maximum Gasteiger partial charge on any atom is 0.270 e. The predicted molar refractivity (Wildman–Crippen MR) is 80.5 cm³/mol. The Balaban J connectivity index is 1.91.